The van der Waals surface area contributed by atoms with Crippen molar-refractivity contribution in [3.05, 3.63) is 30.9 Å². The third-order valence-electron chi connectivity index (χ3n) is 4.23. The van der Waals surface area contributed by atoms with Crippen LogP contribution in [0.1, 0.15) is 32.2 Å². The molecule has 0 bridgehead atoms. The molecule has 0 aromatic carbocycles. The lowest BCUT2D eigenvalue weighted by atomic mass is 10.0. The molecule has 2 aromatic heterocycles. The maximum Gasteiger partial charge on any atom is 0.123 e. The van der Waals surface area contributed by atoms with E-state index in [0.717, 1.165) is 11.3 Å². The number of nitrogens with zero attached hydrogens (tertiary/aromatic N) is 4. The minimum Gasteiger partial charge on any atom is -0.384 e. The van der Waals surface area contributed by atoms with E-state index in [1.165, 1.54) is 38.9 Å². The van der Waals surface area contributed by atoms with Crippen molar-refractivity contribution >= 4 is 5.82 Å². The monoisotopic (exact) mass is 285 g/mol. The summed E-state index contributed by atoms with van der Waals surface area (Å²) < 4.78 is 2.30. The molecule has 1 fully saturated rings. The summed E-state index contributed by atoms with van der Waals surface area (Å²) in [4.78, 5) is 11.0. The van der Waals surface area contributed by atoms with Gasteiger partial charge in [-0.3, -0.25) is 0 Å². The molecular weight excluding hydrogens is 262 g/mol. The summed E-state index contributed by atoms with van der Waals surface area (Å²) in [5.74, 6) is 0.554. The minimum absolute atomic E-state index is 0.532. The van der Waals surface area contributed by atoms with E-state index in [1.807, 2.05) is 24.7 Å². The van der Waals surface area contributed by atoms with Crippen LogP contribution in [0.4, 0.5) is 5.82 Å². The summed E-state index contributed by atoms with van der Waals surface area (Å²) in [6.07, 6.45) is 9.23. The van der Waals surface area contributed by atoms with Gasteiger partial charge in [0.15, 0.2) is 0 Å². The van der Waals surface area contributed by atoms with Crippen LogP contribution in [0.15, 0.2) is 30.9 Å². The van der Waals surface area contributed by atoms with Gasteiger partial charge in [0.1, 0.15) is 5.82 Å². The first-order chi connectivity index (χ1) is 10.3. The first kappa shape index (κ1) is 14.1. The summed E-state index contributed by atoms with van der Waals surface area (Å²) in [5.41, 5.74) is 8.03. The highest BCUT2D eigenvalue weighted by Crippen LogP contribution is 2.29. The van der Waals surface area contributed by atoms with Crippen LogP contribution in [0.25, 0.3) is 11.3 Å². The number of likely N-dealkylation sites (tertiary alicyclic amines) is 1. The van der Waals surface area contributed by atoms with E-state index in [4.69, 9.17) is 5.73 Å². The number of nitrogens with two attached hydrogens (primary N) is 1. The van der Waals surface area contributed by atoms with Crippen LogP contribution < -0.4 is 5.73 Å². The Morgan fingerprint density at radius 1 is 1.33 bits per heavy atom. The molecule has 2 aromatic rings. The van der Waals surface area contributed by atoms with Gasteiger partial charge in [-0.1, -0.05) is 6.92 Å². The van der Waals surface area contributed by atoms with Gasteiger partial charge < -0.3 is 15.2 Å². The summed E-state index contributed by atoms with van der Waals surface area (Å²) in [6.45, 7) is 5.81. The summed E-state index contributed by atoms with van der Waals surface area (Å²) in [7, 11) is 0. The Labute approximate surface area is 125 Å². The lowest BCUT2D eigenvalue weighted by Gasteiger charge is -2.33. The third kappa shape index (κ3) is 3.08. The maximum atomic E-state index is 5.80. The number of hydrogen-bond acceptors (Lipinski definition) is 4. The molecule has 21 heavy (non-hydrogen) atoms. The topological polar surface area (TPSA) is 60.0 Å². The van der Waals surface area contributed by atoms with Crippen molar-refractivity contribution in [2.45, 2.75) is 32.2 Å². The van der Waals surface area contributed by atoms with E-state index in [0.29, 0.717) is 11.9 Å². The average Bonchev–Trinajstić information content (AvgIpc) is 2.98. The number of anilines is 1. The highest BCUT2D eigenvalue weighted by Gasteiger charge is 2.21. The van der Waals surface area contributed by atoms with E-state index in [1.54, 1.807) is 6.20 Å². The van der Waals surface area contributed by atoms with E-state index < -0.39 is 0 Å². The lowest BCUT2D eigenvalue weighted by molar-refractivity contribution is 0.187. The molecule has 1 aliphatic heterocycles. The Hall–Kier alpha value is -1.88. The van der Waals surface area contributed by atoms with Gasteiger partial charge in [-0.2, -0.15) is 0 Å². The number of nitrogen functional groups attached to an aromatic ring is 1. The van der Waals surface area contributed by atoms with E-state index >= 15 is 0 Å². The van der Waals surface area contributed by atoms with Gasteiger partial charge in [-0.15, -0.1) is 0 Å². The van der Waals surface area contributed by atoms with E-state index in [9.17, 15) is 0 Å². The smallest absolute Gasteiger partial charge is 0.123 e. The highest BCUT2D eigenvalue weighted by atomic mass is 15.2. The summed E-state index contributed by atoms with van der Waals surface area (Å²) in [6, 6.07) is 4.44. The Bertz CT molecular complexity index is 584. The van der Waals surface area contributed by atoms with Crippen LogP contribution in [0.3, 0.4) is 0 Å². The Kier molecular flexibility index (Phi) is 4.20. The second kappa shape index (κ2) is 6.26. The van der Waals surface area contributed by atoms with Crippen LogP contribution in [0.5, 0.6) is 0 Å². The van der Waals surface area contributed by atoms with E-state index in [2.05, 4.69) is 26.4 Å². The van der Waals surface area contributed by atoms with Crippen molar-refractivity contribution in [3.8, 4) is 11.3 Å². The van der Waals surface area contributed by atoms with Crippen molar-refractivity contribution in [3.63, 3.8) is 0 Å². The van der Waals surface area contributed by atoms with Crippen molar-refractivity contribution in [1.82, 2.24) is 19.4 Å². The molecule has 1 aliphatic rings. The van der Waals surface area contributed by atoms with Crippen molar-refractivity contribution in [2.24, 2.45) is 0 Å². The number of piperidine rings is 1. The minimum atomic E-state index is 0.532. The normalized spacial score (nSPS) is 17.2. The molecule has 5 heteroatoms. The number of imidazole rings is 1. The van der Waals surface area contributed by atoms with Gasteiger partial charge in [0.2, 0.25) is 0 Å². The fraction of sp³-hybridized carbons (Fsp3) is 0.500. The Morgan fingerprint density at radius 3 is 2.86 bits per heavy atom. The molecule has 0 atom stereocenters. The summed E-state index contributed by atoms with van der Waals surface area (Å²) in [5, 5.41) is 0. The average molecular weight is 285 g/mol. The van der Waals surface area contributed by atoms with Crippen molar-refractivity contribution in [1.29, 1.82) is 0 Å². The number of rotatable bonds is 4. The Morgan fingerprint density at radius 2 is 2.14 bits per heavy atom. The largest absolute Gasteiger partial charge is 0.384 e. The van der Waals surface area contributed by atoms with Gasteiger partial charge >= 0.3 is 0 Å². The summed E-state index contributed by atoms with van der Waals surface area (Å²) >= 11 is 0. The number of aromatic nitrogens is 3. The predicted molar refractivity (Wildman–Crippen MR) is 84.9 cm³/mol. The molecule has 0 spiro atoms. The molecule has 0 amide bonds. The third-order valence-corrected chi connectivity index (χ3v) is 4.23. The number of hydrogen-bond donors (Lipinski definition) is 1. The van der Waals surface area contributed by atoms with Gasteiger partial charge in [0.05, 0.1) is 18.2 Å². The van der Waals surface area contributed by atoms with Gasteiger partial charge in [0.25, 0.3) is 0 Å². The molecule has 2 N–H and O–H groups in total. The number of pyridine rings is 1. The zero-order valence-electron chi connectivity index (χ0n) is 12.6. The van der Waals surface area contributed by atoms with Crippen molar-refractivity contribution in [2.75, 3.05) is 25.4 Å². The molecular formula is C16H23N5. The molecule has 1 saturated heterocycles. The van der Waals surface area contributed by atoms with Crippen LogP contribution in [0.2, 0.25) is 0 Å². The van der Waals surface area contributed by atoms with Crippen LogP contribution in [-0.4, -0.2) is 39.1 Å². The molecule has 5 nitrogen and oxygen atoms in total. The standard InChI is InChI=1S/C16H23N5/c1-2-7-20-8-4-14(5-9-20)21-12-18-11-15(21)13-3-6-19-16(17)10-13/h3,6,10-12,14H,2,4-5,7-9H2,1H3,(H2,17,19). The fourth-order valence-corrected chi connectivity index (χ4v) is 3.16. The molecule has 112 valence electrons. The molecule has 0 unspecified atom stereocenters. The quantitative estimate of drug-likeness (QED) is 0.938. The SMILES string of the molecule is CCCN1CCC(n2cncc2-c2ccnc(N)c2)CC1. The second-order valence-electron chi connectivity index (χ2n) is 5.73. The molecule has 3 rings (SSSR count). The van der Waals surface area contributed by atoms with Crippen LogP contribution >= 0.6 is 0 Å². The molecule has 0 aliphatic carbocycles. The van der Waals surface area contributed by atoms with Crippen LogP contribution in [0, 0.1) is 0 Å². The first-order valence-electron chi connectivity index (χ1n) is 7.74. The molecule has 0 radical (unpaired) electrons. The molecule has 3 heterocycles. The van der Waals surface area contributed by atoms with Gasteiger partial charge in [-0.25, -0.2) is 9.97 Å². The maximum absolute atomic E-state index is 5.80. The lowest BCUT2D eigenvalue weighted by Crippen LogP contribution is -2.35. The van der Waals surface area contributed by atoms with Gasteiger partial charge in [0, 0.05) is 30.9 Å². The second-order valence-corrected chi connectivity index (χ2v) is 5.73. The zero-order chi connectivity index (χ0) is 14.7. The zero-order valence-corrected chi connectivity index (χ0v) is 12.6. The fourth-order valence-electron chi connectivity index (χ4n) is 3.16. The first-order valence-corrected chi connectivity index (χ1v) is 7.74. The predicted octanol–water partition coefficient (Wildman–Crippen LogP) is 2.57. The van der Waals surface area contributed by atoms with Gasteiger partial charge in [-0.05, 0) is 37.9 Å². The van der Waals surface area contributed by atoms with Crippen LogP contribution in [-0.2, 0) is 0 Å². The highest BCUT2D eigenvalue weighted by molar-refractivity contribution is 5.61. The Balaban J connectivity index is 1.77. The van der Waals surface area contributed by atoms with Crippen molar-refractivity contribution < 1.29 is 0 Å². The molecule has 0 saturated carbocycles. The van der Waals surface area contributed by atoms with E-state index in [-0.39, 0.29) is 0 Å².